The number of rotatable bonds is 2. The largest absolute Gasteiger partial charge is 0.338 e. The first-order chi connectivity index (χ1) is 16.1. The fraction of sp³-hybridized carbons (Fsp3) is 0.172. The molecule has 0 N–H and O–H groups in total. The molecule has 1 heterocycles. The molecule has 0 aliphatic carbocycles. The van der Waals surface area contributed by atoms with E-state index in [1.54, 1.807) is 0 Å². The number of thioether (sulfide) groups is 1. The van der Waals surface area contributed by atoms with Gasteiger partial charge in [-0.05, 0) is 81.9 Å². The summed E-state index contributed by atoms with van der Waals surface area (Å²) in [5, 5.41) is 25.9. The number of nitriles is 2. The predicted octanol–water partition coefficient (Wildman–Crippen LogP) is 5.62. The van der Waals surface area contributed by atoms with Crippen LogP contribution in [-0.4, -0.2) is 7.05 Å². The first kappa shape index (κ1) is 21.1. The number of hydrogen-bond donors (Lipinski definition) is 0. The van der Waals surface area contributed by atoms with Gasteiger partial charge in [0.2, 0.25) is 0 Å². The fourth-order valence-electron chi connectivity index (χ4n) is 4.63. The second-order valence-corrected chi connectivity index (χ2v) is 9.37. The molecule has 0 unspecified atom stereocenters. The van der Waals surface area contributed by atoms with Crippen molar-refractivity contribution in [3.05, 3.63) is 82.2 Å². The molecule has 0 amide bonds. The number of fused-ring (bicyclic) bond motifs is 3. The van der Waals surface area contributed by atoms with E-state index in [4.69, 9.17) is 0 Å². The van der Waals surface area contributed by atoms with E-state index >= 15 is 0 Å². The lowest BCUT2D eigenvalue weighted by Gasteiger charge is -2.16. The standard InChI is InChI=1S/C29H23N3S/c1-4-18-14-27-28(15-19(18)5-2)33-29(32(27)3)23-9-8-21-10-24-12-22(26(16-30)17-31)7-6-20(24)11-25(21)13-23/h6-15H,4-5H2,1-3H3/b29-23+. The molecule has 4 heteroatoms. The maximum Gasteiger partial charge on any atom is 0.136 e. The van der Waals surface area contributed by atoms with E-state index in [1.807, 2.05) is 42.1 Å². The van der Waals surface area contributed by atoms with E-state index in [2.05, 4.69) is 68.3 Å². The van der Waals surface area contributed by atoms with Crippen molar-refractivity contribution in [3.8, 4) is 12.1 Å². The van der Waals surface area contributed by atoms with E-state index in [-0.39, 0.29) is 5.57 Å². The highest BCUT2D eigenvalue weighted by Gasteiger charge is 2.24. The Morgan fingerprint density at radius 3 is 2.09 bits per heavy atom. The zero-order chi connectivity index (χ0) is 23.1. The van der Waals surface area contributed by atoms with Crippen molar-refractivity contribution in [3.63, 3.8) is 0 Å². The lowest BCUT2D eigenvalue weighted by Crippen LogP contribution is -2.17. The second kappa shape index (κ2) is 8.32. The monoisotopic (exact) mass is 445 g/mol. The molecule has 0 aromatic heterocycles. The average Bonchev–Trinajstić information content (AvgIpc) is 3.17. The van der Waals surface area contributed by atoms with Gasteiger partial charge in [0, 0.05) is 22.4 Å². The van der Waals surface area contributed by atoms with Crippen LogP contribution < -0.4 is 15.3 Å². The van der Waals surface area contributed by atoms with Gasteiger partial charge < -0.3 is 4.90 Å². The van der Waals surface area contributed by atoms with E-state index < -0.39 is 0 Å². The highest BCUT2D eigenvalue weighted by Crippen LogP contribution is 2.46. The summed E-state index contributed by atoms with van der Waals surface area (Å²) in [7, 11) is 2.16. The Morgan fingerprint density at radius 1 is 0.788 bits per heavy atom. The summed E-state index contributed by atoms with van der Waals surface area (Å²) >= 11 is 1.85. The van der Waals surface area contributed by atoms with Crippen LogP contribution in [0.5, 0.6) is 0 Å². The number of aryl methyl sites for hydroxylation is 2. The minimum absolute atomic E-state index is 0.141. The number of hydrogen-bond acceptors (Lipinski definition) is 4. The third kappa shape index (κ3) is 3.54. The van der Waals surface area contributed by atoms with Gasteiger partial charge in [-0.3, -0.25) is 0 Å². The summed E-state index contributed by atoms with van der Waals surface area (Å²) in [5.41, 5.74) is 4.30. The van der Waals surface area contributed by atoms with Crippen molar-refractivity contribution < 1.29 is 0 Å². The van der Waals surface area contributed by atoms with Gasteiger partial charge in [0.1, 0.15) is 17.7 Å². The predicted molar refractivity (Wildman–Crippen MR) is 138 cm³/mol. The molecule has 0 radical (unpaired) electrons. The zero-order valence-corrected chi connectivity index (χ0v) is 19.8. The Balaban J connectivity index is 1.65. The van der Waals surface area contributed by atoms with E-state index in [9.17, 15) is 10.5 Å². The van der Waals surface area contributed by atoms with Gasteiger partial charge in [0.15, 0.2) is 0 Å². The van der Waals surface area contributed by atoms with Gasteiger partial charge in [-0.1, -0.05) is 49.9 Å². The van der Waals surface area contributed by atoms with E-state index in [0.29, 0.717) is 5.22 Å². The lowest BCUT2D eigenvalue weighted by atomic mass is 10.0. The molecule has 33 heavy (non-hydrogen) atoms. The van der Waals surface area contributed by atoms with Crippen molar-refractivity contribution in [1.29, 1.82) is 10.5 Å². The average molecular weight is 446 g/mol. The van der Waals surface area contributed by atoms with E-state index in [1.165, 1.54) is 37.3 Å². The summed E-state index contributed by atoms with van der Waals surface area (Å²) in [6, 6.07) is 25.4. The van der Waals surface area contributed by atoms with Crippen molar-refractivity contribution >= 4 is 49.6 Å². The molecule has 160 valence electrons. The second-order valence-electron chi connectivity index (χ2n) is 8.34. The van der Waals surface area contributed by atoms with Gasteiger partial charge in [-0.2, -0.15) is 10.5 Å². The molecular formula is C29H23N3S. The molecule has 0 saturated heterocycles. The molecule has 4 aromatic rings. The minimum Gasteiger partial charge on any atom is -0.338 e. The van der Waals surface area contributed by atoms with Crippen LogP contribution in [-0.2, 0) is 12.8 Å². The molecule has 4 aromatic carbocycles. The highest BCUT2D eigenvalue weighted by atomic mass is 32.2. The van der Waals surface area contributed by atoms with E-state index in [0.717, 1.165) is 29.0 Å². The third-order valence-corrected chi connectivity index (χ3v) is 7.72. The van der Waals surface area contributed by atoms with Crippen LogP contribution >= 0.6 is 11.8 Å². The normalized spacial score (nSPS) is 14.3. The van der Waals surface area contributed by atoms with Gasteiger partial charge >= 0.3 is 0 Å². The van der Waals surface area contributed by atoms with Crippen LogP contribution in [0.25, 0.3) is 32.1 Å². The van der Waals surface area contributed by atoms with Crippen molar-refractivity contribution in [2.24, 2.45) is 0 Å². The summed E-state index contributed by atoms with van der Waals surface area (Å²) in [6.07, 6.45) is 2.11. The SMILES string of the molecule is CCc1cc2c(cc1CC)N(C)/C(=c1/ccc3cc4cc(=C(C#N)C#N)ccc4cc3c1)S2. The molecule has 5 rings (SSSR count). The van der Waals surface area contributed by atoms with Gasteiger partial charge in [-0.15, -0.1) is 0 Å². The minimum atomic E-state index is 0.141. The molecule has 1 aliphatic heterocycles. The number of anilines is 1. The Hall–Kier alpha value is -3.73. The van der Waals surface area contributed by atoms with Gasteiger partial charge in [0.05, 0.1) is 10.7 Å². The third-order valence-electron chi connectivity index (χ3n) is 6.47. The topological polar surface area (TPSA) is 50.8 Å². The Morgan fingerprint density at radius 2 is 1.42 bits per heavy atom. The Kier molecular flexibility index (Phi) is 5.33. The van der Waals surface area contributed by atoms with Crippen molar-refractivity contribution in [1.82, 2.24) is 0 Å². The summed E-state index contributed by atoms with van der Waals surface area (Å²) in [5.74, 6) is 0. The molecule has 1 aliphatic rings. The number of nitrogens with zero attached hydrogens (tertiary/aromatic N) is 3. The maximum atomic E-state index is 9.18. The van der Waals surface area contributed by atoms with Crippen LogP contribution in [0.15, 0.2) is 65.6 Å². The summed E-state index contributed by atoms with van der Waals surface area (Å²) < 4.78 is 0. The van der Waals surface area contributed by atoms with Crippen LogP contribution in [0.2, 0.25) is 0 Å². The van der Waals surface area contributed by atoms with Crippen LogP contribution in [0.3, 0.4) is 0 Å². The van der Waals surface area contributed by atoms with Gasteiger partial charge in [0.25, 0.3) is 0 Å². The zero-order valence-electron chi connectivity index (χ0n) is 18.9. The highest BCUT2D eigenvalue weighted by molar-refractivity contribution is 8.08. The molecular weight excluding hydrogens is 422 g/mol. The molecule has 3 nitrogen and oxygen atoms in total. The molecule has 0 atom stereocenters. The molecule has 0 bridgehead atoms. The van der Waals surface area contributed by atoms with Gasteiger partial charge in [-0.25, -0.2) is 0 Å². The molecule has 0 spiro atoms. The Labute approximate surface area is 197 Å². The first-order valence-electron chi connectivity index (χ1n) is 11.2. The summed E-state index contributed by atoms with van der Waals surface area (Å²) in [4.78, 5) is 3.64. The Bertz CT molecular complexity index is 1640. The first-order valence-corrected chi connectivity index (χ1v) is 12.0. The van der Waals surface area contributed by atoms with Crippen LogP contribution in [0, 0.1) is 22.7 Å². The van der Waals surface area contributed by atoms with Crippen molar-refractivity contribution in [2.45, 2.75) is 31.6 Å². The van der Waals surface area contributed by atoms with Crippen LogP contribution in [0.4, 0.5) is 5.69 Å². The number of benzene rings is 4. The quantitative estimate of drug-likeness (QED) is 0.376. The fourth-order valence-corrected chi connectivity index (χ4v) is 5.82. The molecule has 0 saturated carbocycles. The maximum absolute atomic E-state index is 9.18. The smallest absolute Gasteiger partial charge is 0.136 e. The van der Waals surface area contributed by atoms with Crippen molar-refractivity contribution in [2.75, 3.05) is 11.9 Å². The molecule has 0 fully saturated rings. The van der Waals surface area contributed by atoms with Crippen LogP contribution in [0.1, 0.15) is 25.0 Å². The lowest BCUT2D eigenvalue weighted by molar-refractivity contribution is 1.02. The summed E-state index contributed by atoms with van der Waals surface area (Å²) in [6.45, 7) is 4.45.